The number of benzene rings is 3. The summed E-state index contributed by atoms with van der Waals surface area (Å²) in [5, 5.41) is 6.73. The minimum absolute atomic E-state index is 0.212. The molecule has 1 aromatic heterocycles. The summed E-state index contributed by atoms with van der Waals surface area (Å²) < 4.78 is 13.0. The molecule has 3 aromatic carbocycles. The number of hydrogen-bond donors (Lipinski definition) is 1. The summed E-state index contributed by atoms with van der Waals surface area (Å²) in [6.45, 7) is 0.360. The van der Waals surface area contributed by atoms with Crippen molar-refractivity contribution in [2.75, 3.05) is 12.9 Å². The van der Waals surface area contributed by atoms with E-state index in [0.29, 0.717) is 27.6 Å². The maximum Gasteiger partial charge on any atom is 0.250 e. The largest absolute Gasteiger partial charge is 0.493 e. The van der Waals surface area contributed by atoms with E-state index >= 15 is 0 Å². The Morgan fingerprint density at radius 1 is 1.19 bits per heavy atom. The van der Waals surface area contributed by atoms with Crippen LogP contribution in [0.25, 0.3) is 11.3 Å². The van der Waals surface area contributed by atoms with Gasteiger partial charge >= 0.3 is 0 Å². The first-order valence-electron chi connectivity index (χ1n) is 10.7. The lowest BCUT2D eigenvalue weighted by Gasteiger charge is -2.13. The highest BCUT2D eigenvalue weighted by molar-refractivity contribution is 9.10. The van der Waals surface area contributed by atoms with E-state index in [9.17, 15) is 4.79 Å². The Morgan fingerprint density at radius 3 is 2.72 bits per heavy atom. The zero-order chi connectivity index (χ0) is 25.3. The number of nitrogens with zero attached hydrogens (tertiary/aromatic N) is 2. The van der Waals surface area contributed by atoms with Crippen LogP contribution < -0.4 is 14.9 Å². The van der Waals surface area contributed by atoms with Gasteiger partial charge in [0.2, 0.25) is 0 Å². The normalized spacial score (nSPS) is 11.0. The van der Waals surface area contributed by atoms with Gasteiger partial charge in [0.15, 0.2) is 15.8 Å². The molecule has 10 heteroatoms. The first kappa shape index (κ1) is 26.2. The van der Waals surface area contributed by atoms with E-state index in [1.165, 1.54) is 23.1 Å². The molecule has 0 saturated carbocycles. The van der Waals surface area contributed by atoms with Gasteiger partial charge < -0.3 is 9.47 Å². The van der Waals surface area contributed by atoms with Crippen LogP contribution >= 0.6 is 50.6 Å². The van der Waals surface area contributed by atoms with Crippen molar-refractivity contribution >= 4 is 62.8 Å². The van der Waals surface area contributed by atoms with Crippen LogP contribution in [0.2, 0.25) is 5.02 Å². The number of carbonyl (C=O) groups excluding carboxylic acids is 1. The highest BCUT2D eigenvalue weighted by Crippen LogP contribution is 2.37. The van der Waals surface area contributed by atoms with E-state index in [2.05, 4.69) is 31.4 Å². The van der Waals surface area contributed by atoms with E-state index in [4.69, 9.17) is 21.1 Å². The van der Waals surface area contributed by atoms with Gasteiger partial charge in [0, 0.05) is 16.0 Å². The van der Waals surface area contributed by atoms with Crippen LogP contribution in [0.1, 0.15) is 11.1 Å². The van der Waals surface area contributed by atoms with Gasteiger partial charge in [0.25, 0.3) is 5.91 Å². The zero-order valence-electron chi connectivity index (χ0n) is 19.1. The number of nitrogens with one attached hydrogen (secondary N) is 1. The molecule has 0 aliphatic heterocycles. The number of rotatable bonds is 10. The monoisotopic (exact) mass is 601 g/mol. The standard InChI is InChI=1S/C26H21BrClN3O3S2/c1-33-23-12-18(11-21(27)25(23)34-14-17-7-9-20(28)10-8-17)13-29-31-24(32)16-36-26-30-22(15-35-26)19-5-3-2-4-6-19/h2-13,15H,14,16H2,1H3,(H,31,32)/b29-13+. The molecule has 1 amide bonds. The predicted octanol–water partition coefficient (Wildman–Crippen LogP) is 7.06. The fraction of sp³-hybridized carbons (Fsp3) is 0.115. The van der Waals surface area contributed by atoms with Crippen molar-refractivity contribution in [3.63, 3.8) is 0 Å². The van der Waals surface area contributed by atoms with Crippen LogP contribution in [-0.2, 0) is 11.4 Å². The fourth-order valence-corrected chi connectivity index (χ4v) is 5.42. The number of halogens is 2. The Hall–Kier alpha value is -2.85. The van der Waals surface area contributed by atoms with Crippen LogP contribution in [0, 0.1) is 0 Å². The Bertz CT molecular complexity index is 1350. The Balaban J connectivity index is 1.30. The van der Waals surface area contributed by atoms with Crippen molar-refractivity contribution in [1.29, 1.82) is 0 Å². The van der Waals surface area contributed by atoms with Crippen LogP contribution in [0.5, 0.6) is 11.5 Å². The molecule has 0 unspecified atom stereocenters. The second kappa shape index (κ2) is 12.9. The van der Waals surface area contributed by atoms with Crippen LogP contribution in [0.3, 0.4) is 0 Å². The molecule has 0 spiro atoms. The third-order valence-corrected chi connectivity index (χ3v) is 7.69. The molecule has 0 aliphatic carbocycles. The highest BCUT2D eigenvalue weighted by Gasteiger charge is 2.12. The molecule has 0 radical (unpaired) electrons. The smallest absolute Gasteiger partial charge is 0.250 e. The van der Waals surface area contributed by atoms with Gasteiger partial charge in [-0.25, -0.2) is 10.4 Å². The molecule has 1 heterocycles. The molecule has 184 valence electrons. The molecule has 0 aliphatic rings. The van der Waals surface area contributed by atoms with E-state index in [0.717, 1.165) is 26.7 Å². The number of hydrogen-bond acceptors (Lipinski definition) is 7. The number of methoxy groups -OCH3 is 1. The number of hydrazone groups is 1. The van der Waals surface area contributed by atoms with Crippen molar-refractivity contribution in [1.82, 2.24) is 10.4 Å². The van der Waals surface area contributed by atoms with Crippen molar-refractivity contribution < 1.29 is 14.3 Å². The fourth-order valence-electron chi connectivity index (χ4n) is 3.09. The van der Waals surface area contributed by atoms with Crippen molar-refractivity contribution in [3.8, 4) is 22.8 Å². The average Bonchev–Trinajstić information content (AvgIpc) is 3.37. The van der Waals surface area contributed by atoms with E-state index in [1.54, 1.807) is 19.4 Å². The molecule has 6 nitrogen and oxygen atoms in total. The van der Waals surface area contributed by atoms with E-state index in [-0.39, 0.29) is 11.7 Å². The number of amides is 1. The third-order valence-electron chi connectivity index (χ3n) is 4.83. The molecule has 0 fully saturated rings. The highest BCUT2D eigenvalue weighted by atomic mass is 79.9. The van der Waals surface area contributed by atoms with Gasteiger partial charge in [-0.1, -0.05) is 65.8 Å². The summed E-state index contributed by atoms with van der Waals surface area (Å²) in [6, 6.07) is 21.0. The lowest BCUT2D eigenvalue weighted by molar-refractivity contribution is -0.118. The summed E-state index contributed by atoms with van der Waals surface area (Å²) >= 11 is 12.4. The van der Waals surface area contributed by atoms with Gasteiger partial charge in [-0.15, -0.1) is 11.3 Å². The lowest BCUT2D eigenvalue weighted by Crippen LogP contribution is -2.19. The lowest BCUT2D eigenvalue weighted by atomic mass is 10.2. The summed E-state index contributed by atoms with van der Waals surface area (Å²) in [5.41, 5.74) is 6.22. The second-order valence-electron chi connectivity index (χ2n) is 7.40. The van der Waals surface area contributed by atoms with Crippen LogP contribution in [0.4, 0.5) is 0 Å². The van der Waals surface area contributed by atoms with Crippen molar-refractivity contribution in [3.05, 3.63) is 92.7 Å². The minimum atomic E-state index is -0.221. The molecule has 0 atom stereocenters. The number of carbonyl (C=O) groups is 1. The van der Waals surface area contributed by atoms with Crippen molar-refractivity contribution in [2.45, 2.75) is 10.9 Å². The summed E-state index contributed by atoms with van der Waals surface area (Å²) in [7, 11) is 1.57. The van der Waals surface area contributed by atoms with Gasteiger partial charge in [0.05, 0.1) is 29.2 Å². The Morgan fingerprint density at radius 2 is 1.97 bits per heavy atom. The van der Waals surface area contributed by atoms with Gasteiger partial charge in [-0.3, -0.25) is 4.79 Å². The molecule has 4 aromatic rings. The molecule has 0 saturated heterocycles. The van der Waals surface area contributed by atoms with E-state index < -0.39 is 0 Å². The Labute approximate surface area is 230 Å². The number of aromatic nitrogens is 1. The van der Waals surface area contributed by atoms with E-state index in [1.807, 2.05) is 66.0 Å². The van der Waals surface area contributed by atoms with Gasteiger partial charge in [-0.05, 0) is 51.3 Å². The summed E-state index contributed by atoms with van der Waals surface area (Å²) in [6.07, 6.45) is 1.55. The zero-order valence-corrected chi connectivity index (χ0v) is 23.1. The number of thioether (sulfide) groups is 1. The maximum absolute atomic E-state index is 12.2. The average molecular weight is 603 g/mol. The summed E-state index contributed by atoms with van der Waals surface area (Å²) in [5.74, 6) is 1.11. The summed E-state index contributed by atoms with van der Waals surface area (Å²) in [4.78, 5) is 16.8. The quantitative estimate of drug-likeness (QED) is 0.120. The van der Waals surface area contributed by atoms with Gasteiger partial charge in [-0.2, -0.15) is 5.10 Å². The first-order valence-corrected chi connectivity index (χ1v) is 13.8. The molecular weight excluding hydrogens is 582 g/mol. The van der Waals surface area contributed by atoms with Crippen LogP contribution in [0.15, 0.2) is 86.0 Å². The molecule has 36 heavy (non-hydrogen) atoms. The number of ether oxygens (including phenoxy) is 2. The molecule has 4 rings (SSSR count). The third kappa shape index (κ3) is 7.33. The Kier molecular flexibility index (Phi) is 9.41. The number of thiazole rings is 1. The predicted molar refractivity (Wildman–Crippen MR) is 150 cm³/mol. The molecule has 1 N–H and O–H groups in total. The van der Waals surface area contributed by atoms with Crippen molar-refractivity contribution in [2.24, 2.45) is 5.10 Å². The first-order chi connectivity index (χ1) is 17.5. The molecule has 0 bridgehead atoms. The second-order valence-corrected chi connectivity index (χ2v) is 10.8. The van der Waals surface area contributed by atoms with Gasteiger partial charge in [0.1, 0.15) is 6.61 Å². The minimum Gasteiger partial charge on any atom is -0.493 e. The SMILES string of the molecule is COc1cc(/C=N/NC(=O)CSc2nc(-c3ccccc3)cs2)cc(Br)c1OCc1ccc(Cl)cc1. The maximum atomic E-state index is 12.2. The topological polar surface area (TPSA) is 72.8 Å². The van der Waals surface area contributed by atoms with Crippen LogP contribution in [-0.4, -0.2) is 30.0 Å². The molecular formula is C26H21BrClN3O3S2.